The summed E-state index contributed by atoms with van der Waals surface area (Å²) in [4.78, 5) is 12.3. The van der Waals surface area contributed by atoms with Crippen molar-refractivity contribution in [3.05, 3.63) is 35.4 Å². The smallest absolute Gasteiger partial charge is 0.227 e. The number of amides is 1. The first-order valence-electron chi connectivity index (χ1n) is 6.59. The van der Waals surface area contributed by atoms with Gasteiger partial charge >= 0.3 is 0 Å². The largest absolute Gasteiger partial charge is 0.383 e. The first-order chi connectivity index (χ1) is 8.72. The Labute approximate surface area is 109 Å². The van der Waals surface area contributed by atoms with Crippen molar-refractivity contribution < 1.29 is 9.53 Å². The second-order valence-corrected chi connectivity index (χ2v) is 5.01. The molecular weight excluding hydrogens is 226 g/mol. The summed E-state index contributed by atoms with van der Waals surface area (Å²) in [6.45, 7) is 2.52. The molecule has 0 saturated heterocycles. The summed E-state index contributed by atoms with van der Waals surface area (Å²) in [5.41, 5.74) is 2.52. The highest BCUT2D eigenvalue weighted by Gasteiger charge is 2.26. The minimum Gasteiger partial charge on any atom is -0.383 e. The molecule has 1 aliphatic carbocycles. The zero-order valence-electron chi connectivity index (χ0n) is 11.1. The van der Waals surface area contributed by atoms with Crippen LogP contribution in [0.5, 0.6) is 0 Å². The van der Waals surface area contributed by atoms with E-state index in [9.17, 15) is 4.79 Å². The topological polar surface area (TPSA) is 38.3 Å². The van der Waals surface area contributed by atoms with Crippen molar-refractivity contribution in [2.24, 2.45) is 0 Å². The van der Waals surface area contributed by atoms with E-state index in [1.165, 1.54) is 11.1 Å². The van der Waals surface area contributed by atoms with E-state index in [-0.39, 0.29) is 17.9 Å². The van der Waals surface area contributed by atoms with Crippen molar-refractivity contribution in [3.8, 4) is 0 Å². The molecule has 1 aliphatic rings. The number of nitrogens with one attached hydrogen (secondary N) is 1. The van der Waals surface area contributed by atoms with Crippen LogP contribution >= 0.6 is 0 Å². The zero-order valence-corrected chi connectivity index (χ0v) is 11.1. The minimum absolute atomic E-state index is 0.00857. The number of benzene rings is 1. The van der Waals surface area contributed by atoms with E-state index < -0.39 is 0 Å². The Kier molecular flexibility index (Phi) is 4.37. The fourth-order valence-corrected chi connectivity index (χ4v) is 2.66. The lowest BCUT2D eigenvalue weighted by Crippen LogP contribution is -2.39. The highest BCUT2D eigenvalue weighted by Crippen LogP contribution is 2.31. The van der Waals surface area contributed by atoms with Gasteiger partial charge in [-0.05, 0) is 37.3 Å². The lowest BCUT2D eigenvalue weighted by molar-refractivity contribution is -0.123. The van der Waals surface area contributed by atoms with Crippen LogP contribution in [0.15, 0.2) is 24.3 Å². The number of hydrogen-bond acceptors (Lipinski definition) is 2. The van der Waals surface area contributed by atoms with Crippen LogP contribution in [-0.2, 0) is 16.0 Å². The lowest BCUT2D eigenvalue weighted by atomic mass is 9.82. The molecule has 98 valence electrons. The number of carbonyl (C=O) groups excluding carboxylic acids is 1. The molecule has 0 fully saturated rings. The molecule has 0 saturated carbocycles. The van der Waals surface area contributed by atoms with Gasteiger partial charge in [-0.3, -0.25) is 4.79 Å². The second-order valence-electron chi connectivity index (χ2n) is 5.01. The monoisotopic (exact) mass is 247 g/mol. The molecule has 3 nitrogen and oxygen atoms in total. The van der Waals surface area contributed by atoms with E-state index in [4.69, 9.17) is 4.74 Å². The average molecular weight is 247 g/mol. The van der Waals surface area contributed by atoms with Crippen LogP contribution in [0.2, 0.25) is 0 Å². The fourth-order valence-electron chi connectivity index (χ4n) is 2.66. The molecule has 3 heteroatoms. The van der Waals surface area contributed by atoms with E-state index >= 15 is 0 Å². The lowest BCUT2D eigenvalue weighted by Gasteiger charge is -2.26. The van der Waals surface area contributed by atoms with Crippen molar-refractivity contribution in [1.82, 2.24) is 5.32 Å². The van der Waals surface area contributed by atoms with Crippen LogP contribution in [0, 0.1) is 0 Å². The summed E-state index contributed by atoms with van der Waals surface area (Å²) in [7, 11) is 1.65. The van der Waals surface area contributed by atoms with Crippen LogP contribution in [0.25, 0.3) is 0 Å². The third-order valence-electron chi connectivity index (χ3n) is 3.49. The molecule has 2 unspecified atom stereocenters. The highest BCUT2D eigenvalue weighted by atomic mass is 16.5. The van der Waals surface area contributed by atoms with E-state index in [2.05, 4.69) is 17.4 Å². The van der Waals surface area contributed by atoms with Gasteiger partial charge in [-0.15, -0.1) is 0 Å². The molecule has 1 aromatic rings. The van der Waals surface area contributed by atoms with Crippen molar-refractivity contribution in [2.45, 2.75) is 38.1 Å². The van der Waals surface area contributed by atoms with Gasteiger partial charge in [0.05, 0.1) is 12.5 Å². The Hall–Kier alpha value is -1.35. The number of rotatable bonds is 4. The maximum Gasteiger partial charge on any atom is 0.227 e. The SMILES string of the molecule is COCC(C)NC(=O)C1CCCc2ccccc21. The van der Waals surface area contributed by atoms with E-state index in [0.717, 1.165) is 19.3 Å². The Bertz CT molecular complexity index is 417. The van der Waals surface area contributed by atoms with Crippen molar-refractivity contribution in [1.29, 1.82) is 0 Å². The fraction of sp³-hybridized carbons (Fsp3) is 0.533. The summed E-state index contributed by atoms with van der Waals surface area (Å²) >= 11 is 0. The van der Waals surface area contributed by atoms with Gasteiger partial charge in [0, 0.05) is 13.2 Å². The molecule has 0 aromatic heterocycles. The molecule has 2 atom stereocenters. The minimum atomic E-state index is 0.00857. The predicted octanol–water partition coefficient (Wildman–Crippen LogP) is 2.26. The van der Waals surface area contributed by atoms with Gasteiger partial charge in [0.2, 0.25) is 5.91 Å². The van der Waals surface area contributed by atoms with Crippen molar-refractivity contribution >= 4 is 5.91 Å². The van der Waals surface area contributed by atoms with Crippen LogP contribution in [0.3, 0.4) is 0 Å². The first-order valence-corrected chi connectivity index (χ1v) is 6.59. The molecule has 0 aliphatic heterocycles. The van der Waals surface area contributed by atoms with Crippen LogP contribution in [0.1, 0.15) is 36.8 Å². The summed E-state index contributed by atoms with van der Waals surface area (Å²) in [6, 6.07) is 8.35. The van der Waals surface area contributed by atoms with Gasteiger partial charge in [0.1, 0.15) is 0 Å². The van der Waals surface area contributed by atoms with Gasteiger partial charge < -0.3 is 10.1 Å². The number of hydrogen-bond donors (Lipinski definition) is 1. The molecule has 1 amide bonds. The van der Waals surface area contributed by atoms with E-state index in [1.54, 1.807) is 7.11 Å². The standard InChI is InChI=1S/C15H21NO2/c1-11(10-18-2)16-15(17)14-9-5-7-12-6-3-4-8-13(12)14/h3-4,6,8,11,14H,5,7,9-10H2,1-2H3,(H,16,17). The zero-order chi connectivity index (χ0) is 13.0. The molecule has 2 rings (SSSR count). The van der Waals surface area contributed by atoms with Gasteiger partial charge in [-0.2, -0.15) is 0 Å². The summed E-state index contributed by atoms with van der Waals surface area (Å²) in [6.07, 6.45) is 3.13. The van der Waals surface area contributed by atoms with Gasteiger partial charge in [0.15, 0.2) is 0 Å². The Balaban J connectivity index is 2.08. The molecule has 18 heavy (non-hydrogen) atoms. The summed E-state index contributed by atoms with van der Waals surface area (Å²) in [5.74, 6) is 0.140. The normalized spacial score (nSPS) is 20.0. The summed E-state index contributed by atoms with van der Waals surface area (Å²) in [5, 5.41) is 3.03. The molecule has 1 aromatic carbocycles. The first kappa shape index (κ1) is 13.1. The second kappa shape index (κ2) is 6.01. The van der Waals surface area contributed by atoms with Crippen molar-refractivity contribution in [2.75, 3.05) is 13.7 Å². The average Bonchev–Trinajstić information content (AvgIpc) is 2.38. The summed E-state index contributed by atoms with van der Waals surface area (Å²) < 4.78 is 5.05. The quantitative estimate of drug-likeness (QED) is 0.886. The van der Waals surface area contributed by atoms with Crippen LogP contribution in [-0.4, -0.2) is 25.7 Å². The van der Waals surface area contributed by atoms with Gasteiger partial charge in [-0.1, -0.05) is 24.3 Å². The van der Waals surface area contributed by atoms with E-state index in [0.29, 0.717) is 6.61 Å². The Morgan fingerprint density at radius 1 is 1.50 bits per heavy atom. The van der Waals surface area contributed by atoms with Crippen LogP contribution < -0.4 is 5.32 Å². The number of aryl methyl sites for hydroxylation is 1. The number of methoxy groups -OCH3 is 1. The predicted molar refractivity (Wildman–Crippen MR) is 71.6 cm³/mol. The molecular formula is C15H21NO2. The highest BCUT2D eigenvalue weighted by molar-refractivity contribution is 5.84. The molecule has 0 radical (unpaired) electrons. The Morgan fingerprint density at radius 2 is 2.28 bits per heavy atom. The third kappa shape index (κ3) is 2.91. The number of fused-ring (bicyclic) bond motifs is 1. The van der Waals surface area contributed by atoms with E-state index in [1.807, 2.05) is 19.1 Å². The molecule has 1 N–H and O–H groups in total. The van der Waals surface area contributed by atoms with Gasteiger partial charge in [-0.25, -0.2) is 0 Å². The maximum absolute atomic E-state index is 12.3. The number of ether oxygens (including phenoxy) is 1. The molecule has 0 bridgehead atoms. The molecule has 0 spiro atoms. The van der Waals surface area contributed by atoms with Crippen LogP contribution in [0.4, 0.5) is 0 Å². The molecule has 0 heterocycles. The Morgan fingerprint density at radius 3 is 3.06 bits per heavy atom. The van der Waals surface area contributed by atoms with Crippen molar-refractivity contribution in [3.63, 3.8) is 0 Å². The number of carbonyl (C=O) groups is 1. The maximum atomic E-state index is 12.3. The van der Waals surface area contributed by atoms with Gasteiger partial charge in [0.25, 0.3) is 0 Å². The third-order valence-corrected chi connectivity index (χ3v) is 3.49.